The molecule has 5 atom stereocenters. The Labute approximate surface area is 381 Å². The van der Waals surface area contributed by atoms with E-state index in [0.717, 1.165) is 111 Å². The topological polar surface area (TPSA) is 165 Å². The number of aromatic nitrogens is 3. The Hall–Kier alpha value is -4.83. The fraction of sp³-hybridized carbons (Fsp3) is 0.612. The van der Waals surface area contributed by atoms with Crippen LogP contribution < -0.4 is 20.9 Å². The molecule has 3 aromatic rings. The monoisotopic (exact) mass is 882 g/mol. The number of H-pyrrole nitrogens is 1. The lowest BCUT2D eigenvalue weighted by Gasteiger charge is -2.39. The normalized spacial score (nSPS) is 20.7. The van der Waals surface area contributed by atoms with Gasteiger partial charge in [-0.05, 0) is 61.3 Å². The Morgan fingerprint density at radius 1 is 0.859 bits per heavy atom. The van der Waals surface area contributed by atoms with Crippen molar-refractivity contribution in [3.8, 4) is 11.3 Å². The van der Waals surface area contributed by atoms with Gasteiger partial charge in [-0.3, -0.25) is 29.1 Å². The first-order valence-corrected chi connectivity index (χ1v) is 23.4. The quantitative estimate of drug-likeness (QED) is 0.132. The van der Waals surface area contributed by atoms with Crippen LogP contribution in [-0.2, 0) is 14.4 Å². The first-order valence-electron chi connectivity index (χ1n) is 23.4. The van der Waals surface area contributed by atoms with Crippen LogP contribution in [-0.4, -0.2) is 160 Å². The van der Waals surface area contributed by atoms with E-state index in [1.165, 1.54) is 4.90 Å². The molecule has 0 spiro atoms. The van der Waals surface area contributed by atoms with Crippen molar-refractivity contribution in [2.24, 2.45) is 10.8 Å². The van der Waals surface area contributed by atoms with Crippen molar-refractivity contribution in [2.75, 3.05) is 83.4 Å². The van der Waals surface area contributed by atoms with Crippen LogP contribution in [0.4, 0.5) is 5.82 Å². The fourth-order valence-corrected chi connectivity index (χ4v) is 8.77. The number of piperazine rings is 2. The highest BCUT2D eigenvalue weighted by Crippen LogP contribution is 2.29. The molecule has 1 aromatic carbocycles. The Morgan fingerprint density at radius 3 is 2.05 bits per heavy atom. The SMILES string of the molecule is C=C(N[C@@H](C)C(C)(C)CC)c1ccc(N2CCN(CCN3CCN(CC(=O)NC(C(=O)N4C[C@H](O)C[C@H]4C(=O)N[C@@H](C)c4ccc(-c5[nH]cnc5C)cc4)C(C)(C)C)CC3)CC2)nc1. The second kappa shape index (κ2) is 21.0. The predicted octanol–water partition coefficient (Wildman–Crippen LogP) is 4.27. The summed E-state index contributed by atoms with van der Waals surface area (Å²) in [5.74, 6) is 0.0868. The van der Waals surface area contributed by atoms with Crippen LogP contribution in [0.1, 0.15) is 91.1 Å². The average molecular weight is 882 g/mol. The van der Waals surface area contributed by atoms with Gasteiger partial charge in [0.05, 0.1) is 36.4 Å². The molecule has 3 aliphatic heterocycles. The van der Waals surface area contributed by atoms with E-state index < -0.39 is 23.6 Å². The van der Waals surface area contributed by atoms with E-state index in [1.54, 1.807) is 6.33 Å². The predicted molar refractivity (Wildman–Crippen MR) is 254 cm³/mol. The van der Waals surface area contributed by atoms with Gasteiger partial charge in [0.2, 0.25) is 17.7 Å². The number of hydrogen-bond donors (Lipinski definition) is 5. The number of anilines is 1. The molecule has 0 radical (unpaired) electrons. The van der Waals surface area contributed by atoms with Crippen LogP contribution in [0.5, 0.6) is 0 Å². The molecule has 1 unspecified atom stereocenters. The molecular formula is C49H75N11O4. The highest BCUT2D eigenvalue weighted by Gasteiger charge is 2.45. The lowest BCUT2D eigenvalue weighted by Crippen LogP contribution is -2.59. The number of aromatic amines is 1. The minimum atomic E-state index is -0.872. The van der Waals surface area contributed by atoms with Gasteiger partial charge in [-0.25, -0.2) is 9.97 Å². The number of β-amino-alcohol motifs (C(OH)–C–C–N with tert-alkyl or cyclic N) is 1. The summed E-state index contributed by atoms with van der Waals surface area (Å²) in [6.07, 6.45) is 3.98. The molecule has 3 saturated heterocycles. The summed E-state index contributed by atoms with van der Waals surface area (Å²) < 4.78 is 0. The maximum Gasteiger partial charge on any atom is 0.246 e. The number of carbonyl (C=O) groups excluding carboxylic acids is 3. The zero-order valence-corrected chi connectivity index (χ0v) is 39.9. The van der Waals surface area contributed by atoms with E-state index in [1.807, 2.05) is 65.1 Å². The number of likely N-dealkylation sites (tertiary alicyclic amines) is 1. The van der Waals surface area contributed by atoms with Crippen LogP contribution in [0.2, 0.25) is 0 Å². The van der Waals surface area contributed by atoms with Crippen molar-refractivity contribution in [1.29, 1.82) is 0 Å². The Kier molecular flexibility index (Phi) is 15.9. The number of nitrogens with one attached hydrogen (secondary N) is 4. The van der Waals surface area contributed by atoms with E-state index in [9.17, 15) is 19.5 Å². The van der Waals surface area contributed by atoms with Gasteiger partial charge >= 0.3 is 0 Å². The summed E-state index contributed by atoms with van der Waals surface area (Å²) in [6, 6.07) is 10.4. The average Bonchev–Trinajstić information content (AvgIpc) is 3.90. The van der Waals surface area contributed by atoms with Crippen molar-refractivity contribution in [1.82, 2.24) is 50.5 Å². The summed E-state index contributed by atoms with van der Waals surface area (Å²) in [4.78, 5) is 64.7. The van der Waals surface area contributed by atoms with Crippen molar-refractivity contribution in [3.05, 3.63) is 72.3 Å². The van der Waals surface area contributed by atoms with Crippen LogP contribution in [0, 0.1) is 17.8 Å². The van der Waals surface area contributed by atoms with Gasteiger partial charge in [0.15, 0.2) is 0 Å². The number of amides is 3. The molecule has 3 fully saturated rings. The van der Waals surface area contributed by atoms with Crippen molar-refractivity contribution in [3.63, 3.8) is 0 Å². The summed E-state index contributed by atoms with van der Waals surface area (Å²) in [5.41, 5.74) is 5.23. The number of benzene rings is 1. The zero-order valence-electron chi connectivity index (χ0n) is 39.9. The molecule has 15 nitrogen and oxygen atoms in total. The number of aryl methyl sites for hydroxylation is 1. The molecule has 5 N–H and O–H groups in total. The van der Waals surface area contributed by atoms with Gasteiger partial charge in [-0.2, -0.15) is 0 Å². The summed E-state index contributed by atoms with van der Waals surface area (Å²) in [7, 11) is 0. The molecule has 3 aliphatic rings. The van der Waals surface area contributed by atoms with E-state index >= 15 is 0 Å². The maximum atomic E-state index is 14.2. The highest BCUT2D eigenvalue weighted by atomic mass is 16.3. The Morgan fingerprint density at radius 2 is 1.48 bits per heavy atom. The third-order valence-corrected chi connectivity index (χ3v) is 14.0. The number of rotatable bonds is 17. The Bertz CT molecular complexity index is 2030. The van der Waals surface area contributed by atoms with Crippen LogP contribution >= 0.6 is 0 Å². The molecule has 0 bridgehead atoms. The van der Waals surface area contributed by atoms with Crippen LogP contribution in [0.25, 0.3) is 17.0 Å². The smallest absolute Gasteiger partial charge is 0.246 e. The van der Waals surface area contributed by atoms with Crippen molar-refractivity contribution in [2.45, 2.75) is 105 Å². The molecule has 2 aromatic heterocycles. The molecule has 64 heavy (non-hydrogen) atoms. The number of carbonyl (C=O) groups is 3. The number of nitrogens with zero attached hydrogens (tertiary/aromatic N) is 7. The van der Waals surface area contributed by atoms with Gasteiger partial charge in [-0.1, -0.05) is 72.4 Å². The maximum absolute atomic E-state index is 14.2. The van der Waals surface area contributed by atoms with Gasteiger partial charge in [0, 0.05) is 102 Å². The van der Waals surface area contributed by atoms with Gasteiger partial charge < -0.3 is 35.8 Å². The number of aliphatic hydroxyl groups excluding tert-OH is 1. The van der Waals surface area contributed by atoms with E-state index in [2.05, 4.69) is 91.9 Å². The number of aliphatic hydroxyl groups is 1. The molecular weight excluding hydrogens is 807 g/mol. The minimum Gasteiger partial charge on any atom is -0.391 e. The number of hydrogen-bond acceptors (Lipinski definition) is 11. The van der Waals surface area contributed by atoms with Crippen LogP contribution in [0.15, 0.2) is 55.5 Å². The van der Waals surface area contributed by atoms with Gasteiger partial charge in [-0.15, -0.1) is 0 Å². The van der Waals surface area contributed by atoms with E-state index in [-0.39, 0.29) is 48.7 Å². The lowest BCUT2D eigenvalue weighted by molar-refractivity contribution is -0.144. The Balaban J connectivity index is 0.919. The first-order chi connectivity index (χ1) is 30.3. The molecule has 0 aliphatic carbocycles. The van der Waals surface area contributed by atoms with E-state index in [0.29, 0.717) is 6.04 Å². The molecule has 15 heteroatoms. The molecule has 0 saturated carbocycles. The van der Waals surface area contributed by atoms with Crippen molar-refractivity contribution < 1.29 is 19.5 Å². The lowest BCUT2D eigenvalue weighted by atomic mass is 9.82. The van der Waals surface area contributed by atoms with E-state index in [4.69, 9.17) is 4.98 Å². The van der Waals surface area contributed by atoms with Gasteiger partial charge in [0.25, 0.3) is 0 Å². The third kappa shape index (κ3) is 12.3. The number of pyridine rings is 1. The molecule has 5 heterocycles. The zero-order chi connectivity index (χ0) is 46.3. The largest absolute Gasteiger partial charge is 0.391 e. The molecule has 6 rings (SSSR count). The summed E-state index contributed by atoms with van der Waals surface area (Å²) in [5, 5.41) is 20.4. The summed E-state index contributed by atoms with van der Waals surface area (Å²) >= 11 is 0. The third-order valence-electron chi connectivity index (χ3n) is 14.0. The molecule has 350 valence electrons. The summed E-state index contributed by atoms with van der Waals surface area (Å²) in [6.45, 7) is 32.1. The second-order valence-corrected chi connectivity index (χ2v) is 20.0. The fourth-order valence-electron chi connectivity index (χ4n) is 8.77. The second-order valence-electron chi connectivity index (χ2n) is 20.0. The van der Waals surface area contributed by atoms with Crippen LogP contribution in [0.3, 0.4) is 0 Å². The highest BCUT2D eigenvalue weighted by molar-refractivity contribution is 5.93. The van der Waals surface area contributed by atoms with Gasteiger partial charge in [0.1, 0.15) is 17.9 Å². The molecule has 3 amide bonds. The minimum absolute atomic E-state index is 0.0290. The first kappa shape index (κ1) is 48.6. The number of imidazole rings is 1. The standard InChI is InChI=1S/C49H75N11O4/c1-11-49(9,10)36(5)53-34(3)39-16-17-42(50-29-39)59-26-24-57(25-27-59)19-18-56-20-22-58(23-21-56)31-43(62)55-45(48(6,7)8)47(64)60-30-40(61)28-41(60)46(63)54-33(2)37-12-14-38(15-13-37)44-35(4)51-32-52-44/h12-17,29,32-33,36,40-41,45,53,61H,3,11,18-28,30-31H2,1-2,4-10H3,(H,51,52)(H,54,63)(H,55,62)/t33-,36-,40+,41-,45?/m0/s1. The van der Waals surface area contributed by atoms with Crippen molar-refractivity contribution >= 4 is 29.2 Å².